The molecule has 2 aliphatic carbocycles. The molecule has 2 saturated carbocycles. The van der Waals surface area contributed by atoms with Crippen molar-refractivity contribution in [1.82, 2.24) is 0 Å². The zero-order chi connectivity index (χ0) is 14.0. The largest absolute Gasteiger partial charge is 0.466 e. The van der Waals surface area contributed by atoms with E-state index in [-0.39, 0.29) is 24.0 Å². The summed E-state index contributed by atoms with van der Waals surface area (Å²) in [5, 5.41) is 0. The highest BCUT2D eigenvalue weighted by molar-refractivity contribution is 14.1. The zero-order valence-corrected chi connectivity index (χ0v) is 13.6. The van der Waals surface area contributed by atoms with E-state index in [0.29, 0.717) is 22.4 Å². The highest BCUT2D eigenvalue weighted by atomic mass is 127. The Bertz CT molecular complexity index is 357. The number of ether oxygens (including phenoxy) is 2. The molecule has 5 atom stereocenters. The summed E-state index contributed by atoms with van der Waals surface area (Å²) in [5.74, 6) is 0.796. The molecular formula is C14H21IO4. The molecule has 0 radical (unpaired) electrons. The average molecular weight is 380 g/mol. The average Bonchev–Trinajstić information content (AvgIpc) is 3.02. The molecule has 0 N–H and O–H groups in total. The lowest BCUT2D eigenvalue weighted by Gasteiger charge is -2.24. The normalized spacial score (nSPS) is 37.5. The standard InChI is InChI=1S/C14H21IO4/c1-3-18-14(17)13-9-4-6-11(15)12(19-8(2)16)7-5-10(9)13/h9-13H,3-7H2,1-2H3/t9-,10+,11?,12?,13+/m1/s1. The summed E-state index contributed by atoms with van der Waals surface area (Å²) in [6.07, 6.45) is 3.88. The van der Waals surface area contributed by atoms with Crippen molar-refractivity contribution in [3.8, 4) is 0 Å². The lowest BCUT2D eigenvalue weighted by Crippen LogP contribution is -2.27. The Morgan fingerprint density at radius 3 is 2.37 bits per heavy atom. The molecule has 0 spiro atoms. The molecule has 2 fully saturated rings. The number of alkyl halides is 1. The molecule has 2 rings (SSSR count). The molecule has 0 heterocycles. The van der Waals surface area contributed by atoms with Crippen molar-refractivity contribution in [2.24, 2.45) is 17.8 Å². The number of fused-ring (bicyclic) bond motifs is 1. The first-order chi connectivity index (χ1) is 9.04. The summed E-state index contributed by atoms with van der Waals surface area (Å²) in [5.41, 5.74) is 0. The van der Waals surface area contributed by atoms with Crippen LogP contribution in [0.1, 0.15) is 39.5 Å². The molecule has 0 amide bonds. The first-order valence-corrected chi connectivity index (χ1v) is 8.27. The smallest absolute Gasteiger partial charge is 0.309 e. The van der Waals surface area contributed by atoms with E-state index in [1.807, 2.05) is 6.92 Å². The maximum absolute atomic E-state index is 11.8. The van der Waals surface area contributed by atoms with Crippen LogP contribution < -0.4 is 0 Å². The Kier molecular flexibility index (Phi) is 5.09. The van der Waals surface area contributed by atoms with Gasteiger partial charge in [-0.2, -0.15) is 0 Å². The second-order valence-corrected chi connectivity index (χ2v) is 7.02. The fourth-order valence-electron chi connectivity index (χ4n) is 3.24. The fourth-order valence-corrected chi connectivity index (χ4v) is 4.11. The number of hydrogen-bond donors (Lipinski definition) is 0. The predicted octanol–water partition coefficient (Wildman–Crippen LogP) is 2.72. The number of carbonyl (C=O) groups is 2. The van der Waals surface area contributed by atoms with Gasteiger partial charge in [0.05, 0.1) is 12.5 Å². The minimum absolute atomic E-state index is 0.00231. The quantitative estimate of drug-likeness (QED) is 0.429. The summed E-state index contributed by atoms with van der Waals surface area (Å²) in [6.45, 7) is 3.77. The third kappa shape index (κ3) is 3.61. The van der Waals surface area contributed by atoms with Gasteiger partial charge in [-0.3, -0.25) is 9.59 Å². The molecule has 108 valence electrons. The third-order valence-corrected chi connectivity index (χ3v) is 5.60. The van der Waals surface area contributed by atoms with Crippen LogP contribution in [-0.4, -0.2) is 28.6 Å². The second-order valence-electron chi connectivity index (χ2n) is 5.42. The topological polar surface area (TPSA) is 52.6 Å². The van der Waals surface area contributed by atoms with Crippen molar-refractivity contribution >= 4 is 34.5 Å². The van der Waals surface area contributed by atoms with Crippen molar-refractivity contribution in [1.29, 1.82) is 0 Å². The maximum Gasteiger partial charge on any atom is 0.309 e. The van der Waals surface area contributed by atoms with Gasteiger partial charge in [-0.05, 0) is 44.4 Å². The molecule has 4 nitrogen and oxygen atoms in total. The molecule has 0 aromatic rings. The first kappa shape index (κ1) is 15.1. The van der Waals surface area contributed by atoms with Crippen LogP contribution in [0.15, 0.2) is 0 Å². The number of halogens is 1. The minimum atomic E-state index is -0.207. The molecule has 19 heavy (non-hydrogen) atoms. The molecular weight excluding hydrogens is 359 g/mol. The van der Waals surface area contributed by atoms with Crippen LogP contribution in [0.3, 0.4) is 0 Å². The summed E-state index contributed by atoms with van der Waals surface area (Å²) >= 11 is 2.37. The van der Waals surface area contributed by atoms with Gasteiger partial charge in [0, 0.05) is 10.8 Å². The van der Waals surface area contributed by atoms with Gasteiger partial charge in [-0.1, -0.05) is 22.6 Å². The SMILES string of the molecule is CCOC(=O)[C@H]1[C@@H]2CCC(I)C(OC(C)=O)CC[C@@H]21. The fraction of sp³-hybridized carbons (Fsp3) is 0.857. The van der Waals surface area contributed by atoms with Crippen molar-refractivity contribution in [3.05, 3.63) is 0 Å². The van der Waals surface area contributed by atoms with Crippen LogP contribution in [0, 0.1) is 17.8 Å². The Labute approximate surface area is 127 Å². The van der Waals surface area contributed by atoms with Gasteiger partial charge in [-0.15, -0.1) is 0 Å². The van der Waals surface area contributed by atoms with Crippen LogP contribution in [0.4, 0.5) is 0 Å². The summed E-state index contributed by atoms with van der Waals surface area (Å²) in [4.78, 5) is 22.9. The van der Waals surface area contributed by atoms with E-state index >= 15 is 0 Å². The van der Waals surface area contributed by atoms with Crippen LogP contribution in [0.2, 0.25) is 0 Å². The molecule has 0 aliphatic heterocycles. The highest BCUT2D eigenvalue weighted by Crippen LogP contribution is 2.54. The molecule has 0 bridgehead atoms. The van der Waals surface area contributed by atoms with Gasteiger partial charge >= 0.3 is 11.9 Å². The van der Waals surface area contributed by atoms with Crippen molar-refractivity contribution in [2.75, 3.05) is 6.61 Å². The van der Waals surface area contributed by atoms with Gasteiger partial charge < -0.3 is 9.47 Å². The van der Waals surface area contributed by atoms with E-state index in [2.05, 4.69) is 22.6 Å². The lowest BCUT2D eigenvalue weighted by atomic mass is 9.98. The molecule has 0 aromatic carbocycles. The van der Waals surface area contributed by atoms with Crippen LogP contribution >= 0.6 is 22.6 Å². The van der Waals surface area contributed by atoms with E-state index in [9.17, 15) is 9.59 Å². The Balaban J connectivity index is 1.92. The maximum atomic E-state index is 11.8. The summed E-state index contributed by atoms with van der Waals surface area (Å²) < 4.78 is 10.9. The van der Waals surface area contributed by atoms with E-state index in [0.717, 1.165) is 25.7 Å². The Morgan fingerprint density at radius 1 is 1.16 bits per heavy atom. The highest BCUT2D eigenvalue weighted by Gasteiger charge is 2.55. The van der Waals surface area contributed by atoms with Crippen LogP contribution in [-0.2, 0) is 19.1 Å². The van der Waals surface area contributed by atoms with Gasteiger partial charge in [0.25, 0.3) is 0 Å². The van der Waals surface area contributed by atoms with E-state index in [1.165, 1.54) is 6.92 Å². The minimum Gasteiger partial charge on any atom is -0.466 e. The lowest BCUT2D eigenvalue weighted by molar-refractivity contribution is -0.147. The first-order valence-electron chi connectivity index (χ1n) is 7.02. The number of carbonyl (C=O) groups excluding carboxylic acids is 2. The van der Waals surface area contributed by atoms with Gasteiger partial charge in [-0.25, -0.2) is 0 Å². The monoisotopic (exact) mass is 380 g/mol. The summed E-state index contributed by atoms with van der Waals surface area (Å²) in [6, 6.07) is 0. The molecule has 2 unspecified atom stereocenters. The van der Waals surface area contributed by atoms with Crippen molar-refractivity contribution in [3.63, 3.8) is 0 Å². The van der Waals surface area contributed by atoms with Crippen molar-refractivity contribution in [2.45, 2.75) is 49.6 Å². The number of esters is 2. The molecule has 5 heteroatoms. The molecule has 0 saturated heterocycles. The van der Waals surface area contributed by atoms with Gasteiger partial charge in [0.1, 0.15) is 6.10 Å². The Hall–Kier alpha value is -0.330. The van der Waals surface area contributed by atoms with Crippen molar-refractivity contribution < 1.29 is 19.1 Å². The van der Waals surface area contributed by atoms with E-state index in [1.54, 1.807) is 0 Å². The van der Waals surface area contributed by atoms with E-state index < -0.39 is 0 Å². The van der Waals surface area contributed by atoms with Crippen LogP contribution in [0.25, 0.3) is 0 Å². The molecule has 0 aromatic heterocycles. The predicted molar refractivity (Wildman–Crippen MR) is 78.9 cm³/mol. The number of hydrogen-bond acceptors (Lipinski definition) is 4. The number of rotatable bonds is 3. The van der Waals surface area contributed by atoms with Gasteiger partial charge in [0.2, 0.25) is 0 Å². The Morgan fingerprint density at radius 2 is 1.79 bits per heavy atom. The van der Waals surface area contributed by atoms with Crippen LogP contribution in [0.5, 0.6) is 0 Å². The molecule has 2 aliphatic rings. The van der Waals surface area contributed by atoms with Gasteiger partial charge in [0.15, 0.2) is 0 Å². The second kappa shape index (κ2) is 6.41. The van der Waals surface area contributed by atoms with E-state index in [4.69, 9.17) is 9.47 Å². The third-order valence-electron chi connectivity index (χ3n) is 4.17. The zero-order valence-electron chi connectivity index (χ0n) is 11.4. The summed E-state index contributed by atoms with van der Waals surface area (Å²) in [7, 11) is 0.